The molecule has 2 aromatic carbocycles. The molecule has 7 nitrogen and oxygen atoms in total. The van der Waals surface area contributed by atoms with Crippen LogP contribution >= 0.6 is 0 Å². The molecule has 47 heavy (non-hydrogen) atoms. The van der Waals surface area contributed by atoms with Crippen molar-refractivity contribution in [2.24, 2.45) is 17.8 Å². The predicted octanol–water partition coefficient (Wildman–Crippen LogP) is 5.61. The topological polar surface area (TPSA) is 68.3 Å². The van der Waals surface area contributed by atoms with Crippen LogP contribution in [0.4, 0.5) is 13.2 Å². The van der Waals surface area contributed by atoms with E-state index in [1.165, 1.54) is 30.2 Å². The van der Waals surface area contributed by atoms with E-state index in [1.807, 2.05) is 11.0 Å². The van der Waals surface area contributed by atoms with E-state index in [0.717, 1.165) is 63.1 Å². The molecule has 10 heteroatoms. The number of alkyl halides is 3. The molecule has 0 radical (unpaired) electrons. The van der Waals surface area contributed by atoms with Gasteiger partial charge in [-0.2, -0.15) is 13.2 Å². The highest BCUT2D eigenvalue weighted by Gasteiger charge is 2.67. The maximum Gasteiger partial charge on any atom is 0.416 e. The first-order valence-corrected chi connectivity index (χ1v) is 16.7. The third-order valence-corrected chi connectivity index (χ3v) is 11.0. The summed E-state index contributed by atoms with van der Waals surface area (Å²) < 4.78 is 57.5. The number of nitrogens with zero attached hydrogens (tertiary/aromatic N) is 2. The molecule has 1 spiro atoms. The quantitative estimate of drug-likeness (QED) is 0.287. The van der Waals surface area contributed by atoms with Crippen LogP contribution < -0.4 is 9.47 Å². The van der Waals surface area contributed by atoms with E-state index in [1.54, 1.807) is 7.11 Å². The third-order valence-electron chi connectivity index (χ3n) is 11.0. The zero-order valence-corrected chi connectivity index (χ0v) is 27.2. The number of benzene rings is 2. The van der Waals surface area contributed by atoms with Gasteiger partial charge < -0.3 is 19.1 Å². The summed E-state index contributed by atoms with van der Waals surface area (Å²) in [7, 11) is 1.66. The van der Waals surface area contributed by atoms with Crippen molar-refractivity contribution in [2.75, 3.05) is 26.7 Å². The van der Waals surface area contributed by atoms with Crippen LogP contribution in [0.2, 0.25) is 0 Å². The first-order chi connectivity index (χ1) is 22.4. The minimum absolute atomic E-state index is 0.00714. The SMILES string of the molecule is COc1ccc2c3c1O[C@H]1[C@@H](N(CC(C)C)C(=O)C#Cc4ccc(C(F)(F)F)cc4)CC[C@H]4[C@@H](C2)N(CC2CC2OC(C)=O)CC[C@@]341. The highest BCUT2D eigenvalue weighted by Crippen LogP contribution is 2.64. The molecule has 1 saturated heterocycles. The average Bonchev–Trinajstić information content (AvgIpc) is 3.64. The summed E-state index contributed by atoms with van der Waals surface area (Å²) in [6.07, 6.45) is -0.320. The van der Waals surface area contributed by atoms with Crippen molar-refractivity contribution >= 4 is 11.9 Å². The number of halogens is 3. The van der Waals surface area contributed by atoms with Crippen LogP contribution in [0.3, 0.4) is 0 Å². The summed E-state index contributed by atoms with van der Waals surface area (Å²) in [6, 6.07) is 8.83. The maximum absolute atomic E-state index is 13.9. The lowest BCUT2D eigenvalue weighted by Gasteiger charge is -2.60. The van der Waals surface area contributed by atoms with Gasteiger partial charge in [0.1, 0.15) is 12.2 Å². The molecule has 250 valence electrons. The van der Waals surface area contributed by atoms with E-state index in [-0.39, 0.29) is 41.5 Å². The third kappa shape index (κ3) is 5.54. The molecule has 7 atom stereocenters. The van der Waals surface area contributed by atoms with Gasteiger partial charge in [-0.15, -0.1) is 0 Å². The average molecular weight is 651 g/mol. The number of carbonyl (C=O) groups excluding carboxylic acids is 2. The van der Waals surface area contributed by atoms with Crippen molar-refractivity contribution in [1.29, 1.82) is 0 Å². The Morgan fingerprint density at radius 2 is 1.91 bits per heavy atom. The summed E-state index contributed by atoms with van der Waals surface area (Å²) in [6.45, 7) is 7.88. The standard InChI is InChI=1S/C37H41F3N2O5/c1-21(2)19-42(32(44)14-7-23-5-9-26(10-6-23)37(38,39)40)28-12-11-27-29-17-24-8-13-30(45-4)34-33(24)36(27,35(28)47-34)15-16-41(29)20-25-18-31(25)46-22(3)43/h5-6,8-10,13,21,25,27-29,31,35H,11-12,15-20H2,1-4H3/t25?,27-,28-,29+,31?,35-,36-/m0/s1. The van der Waals surface area contributed by atoms with E-state index in [0.29, 0.717) is 35.7 Å². The van der Waals surface area contributed by atoms with Crippen molar-refractivity contribution in [3.05, 3.63) is 58.7 Å². The van der Waals surface area contributed by atoms with Crippen molar-refractivity contribution in [3.8, 4) is 23.3 Å². The Morgan fingerprint density at radius 1 is 1.15 bits per heavy atom. The van der Waals surface area contributed by atoms with Crippen molar-refractivity contribution in [1.82, 2.24) is 9.80 Å². The monoisotopic (exact) mass is 650 g/mol. The molecule has 2 aromatic rings. The number of rotatable bonds is 7. The van der Waals surface area contributed by atoms with Crippen LogP contribution in [0, 0.1) is 29.6 Å². The Hall–Kier alpha value is -3.71. The maximum atomic E-state index is 13.9. The predicted molar refractivity (Wildman–Crippen MR) is 168 cm³/mol. The van der Waals surface area contributed by atoms with Gasteiger partial charge in [-0.1, -0.05) is 25.8 Å². The molecule has 0 N–H and O–H groups in total. The summed E-state index contributed by atoms with van der Waals surface area (Å²) in [5, 5.41) is 0. The molecule has 2 bridgehead atoms. The van der Waals surface area contributed by atoms with Crippen LogP contribution in [0.5, 0.6) is 11.5 Å². The van der Waals surface area contributed by atoms with Gasteiger partial charge in [0, 0.05) is 54.4 Å². The van der Waals surface area contributed by atoms with Crippen LogP contribution in [0.1, 0.15) is 68.7 Å². The van der Waals surface area contributed by atoms with Gasteiger partial charge in [-0.05, 0) is 86.4 Å². The molecule has 5 aliphatic rings. The van der Waals surface area contributed by atoms with Gasteiger partial charge in [0.05, 0.1) is 18.7 Å². The fourth-order valence-electron chi connectivity index (χ4n) is 9.07. The largest absolute Gasteiger partial charge is 0.493 e. The zero-order chi connectivity index (χ0) is 33.2. The van der Waals surface area contributed by atoms with E-state index in [9.17, 15) is 22.8 Å². The van der Waals surface area contributed by atoms with Gasteiger partial charge >= 0.3 is 12.1 Å². The molecule has 3 fully saturated rings. The molecule has 0 aromatic heterocycles. The number of carbonyl (C=O) groups is 2. The molecule has 2 heterocycles. The second kappa shape index (κ2) is 11.8. The normalized spacial score (nSPS) is 30.0. The fraction of sp³-hybridized carbons (Fsp3) is 0.568. The second-order valence-corrected chi connectivity index (χ2v) is 14.3. The smallest absolute Gasteiger partial charge is 0.416 e. The Bertz CT molecular complexity index is 1630. The number of likely N-dealkylation sites (tertiary alicyclic amines) is 1. The lowest BCUT2D eigenvalue weighted by molar-refractivity contribution is -0.143. The van der Waals surface area contributed by atoms with Crippen molar-refractivity contribution in [3.63, 3.8) is 0 Å². The summed E-state index contributed by atoms with van der Waals surface area (Å²) >= 11 is 0. The number of piperidine rings is 1. The number of amides is 1. The van der Waals surface area contributed by atoms with Crippen LogP contribution in [0.25, 0.3) is 0 Å². The van der Waals surface area contributed by atoms with Crippen LogP contribution in [-0.2, 0) is 32.3 Å². The molecule has 2 aliphatic heterocycles. The minimum Gasteiger partial charge on any atom is -0.493 e. The first kappa shape index (κ1) is 31.9. The Morgan fingerprint density at radius 3 is 2.60 bits per heavy atom. The highest BCUT2D eigenvalue weighted by molar-refractivity contribution is 5.94. The van der Waals surface area contributed by atoms with Gasteiger partial charge in [0.2, 0.25) is 0 Å². The van der Waals surface area contributed by atoms with E-state index < -0.39 is 11.7 Å². The molecular formula is C37H41F3N2O5. The van der Waals surface area contributed by atoms with Crippen molar-refractivity contribution < 1.29 is 37.0 Å². The number of methoxy groups -OCH3 is 1. The van der Waals surface area contributed by atoms with Gasteiger partial charge in [-0.25, -0.2) is 0 Å². The van der Waals surface area contributed by atoms with Crippen molar-refractivity contribution in [2.45, 2.75) is 88.8 Å². The molecule has 7 rings (SSSR count). The lowest BCUT2D eigenvalue weighted by Crippen LogP contribution is -2.69. The molecule has 1 amide bonds. The van der Waals surface area contributed by atoms with Crippen LogP contribution in [0.15, 0.2) is 36.4 Å². The number of esters is 1. The molecule has 3 aliphatic carbocycles. The van der Waals surface area contributed by atoms with E-state index in [2.05, 4.69) is 36.7 Å². The van der Waals surface area contributed by atoms with Gasteiger partial charge in [0.15, 0.2) is 11.5 Å². The lowest BCUT2D eigenvalue weighted by atomic mass is 9.51. The summed E-state index contributed by atoms with van der Waals surface area (Å²) in [5.41, 5.74) is 1.83. The van der Waals surface area contributed by atoms with E-state index in [4.69, 9.17) is 14.2 Å². The summed E-state index contributed by atoms with van der Waals surface area (Å²) in [5.74, 6) is 7.36. The Kier molecular flexibility index (Phi) is 7.98. The zero-order valence-electron chi connectivity index (χ0n) is 27.2. The Balaban J connectivity index is 1.20. The molecular weight excluding hydrogens is 609 g/mol. The molecule has 2 saturated carbocycles. The van der Waals surface area contributed by atoms with Gasteiger partial charge in [-0.3, -0.25) is 14.5 Å². The number of ether oxygens (including phenoxy) is 3. The number of hydrogen-bond donors (Lipinski definition) is 0. The summed E-state index contributed by atoms with van der Waals surface area (Å²) in [4.78, 5) is 29.9. The highest BCUT2D eigenvalue weighted by atomic mass is 19.4. The van der Waals surface area contributed by atoms with Gasteiger partial charge in [0.25, 0.3) is 5.91 Å². The molecule has 2 unspecified atom stereocenters. The van der Waals surface area contributed by atoms with E-state index >= 15 is 0 Å². The first-order valence-electron chi connectivity index (χ1n) is 16.7. The number of hydrogen-bond acceptors (Lipinski definition) is 6. The minimum atomic E-state index is -4.44. The Labute approximate surface area is 273 Å². The fourth-order valence-corrected chi connectivity index (χ4v) is 9.07. The van der Waals surface area contributed by atoms with Crippen LogP contribution in [-0.4, -0.2) is 72.7 Å². The second-order valence-electron chi connectivity index (χ2n) is 14.3.